The molecule has 2 aliphatic heterocycles. The van der Waals surface area contributed by atoms with Crippen LogP contribution in [0.5, 0.6) is 5.75 Å². The molecule has 1 aromatic carbocycles. The number of phenolic OH excluding ortho intramolecular Hbond substituents is 1. The van der Waals surface area contributed by atoms with Gasteiger partial charge in [-0.05, 0) is 36.3 Å². The maximum atomic E-state index is 12.4. The van der Waals surface area contributed by atoms with Crippen LogP contribution in [0.1, 0.15) is 16.3 Å². The van der Waals surface area contributed by atoms with Gasteiger partial charge < -0.3 is 26.0 Å². The molecule has 2 fully saturated rings. The first-order valence-electron chi connectivity index (χ1n) is 13.4. The van der Waals surface area contributed by atoms with Crippen molar-refractivity contribution < 1.29 is 9.90 Å². The molecule has 13 heteroatoms. The molecule has 4 aromatic heterocycles. The lowest BCUT2D eigenvalue weighted by Crippen LogP contribution is -2.56. The number of fused-ring (bicyclic) bond motifs is 2. The van der Waals surface area contributed by atoms with Crippen molar-refractivity contribution in [2.45, 2.75) is 6.04 Å². The minimum atomic E-state index is -0.334. The van der Waals surface area contributed by atoms with Crippen LogP contribution in [0.3, 0.4) is 0 Å². The Morgan fingerprint density at radius 3 is 2.86 bits per heavy atom. The van der Waals surface area contributed by atoms with Crippen molar-refractivity contribution in [3.05, 3.63) is 78.6 Å². The smallest absolute Gasteiger partial charge is 0.272 e. The lowest BCUT2D eigenvalue weighted by atomic mass is 9.92. The van der Waals surface area contributed by atoms with Crippen molar-refractivity contribution in [1.82, 2.24) is 40.1 Å². The number of anilines is 3. The normalized spacial score (nSPS) is 17.3. The monoisotopic (exact) mass is 559 g/mol. The Morgan fingerprint density at radius 2 is 1.98 bits per heavy atom. The van der Waals surface area contributed by atoms with Gasteiger partial charge in [0.25, 0.3) is 5.91 Å². The lowest BCUT2D eigenvalue weighted by Gasteiger charge is -2.44. The van der Waals surface area contributed by atoms with Crippen molar-refractivity contribution in [1.29, 1.82) is 0 Å². The minimum absolute atomic E-state index is 0.126. The molecule has 208 valence electrons. The fourth-order valence-corrected chi connectivity index (χ4v) is 5.41. The molecule has 0 bridgehead atoms. The number of nitrogens with one attached hydrogen (secondary N) is 1. The predicted octanol–water partition coefficient (Wildman–Crippen LogP) is 1.37. The number of benzene rings is 1. The number of para-hydroxylation sites is 1. The lowest BCUT2D eigenvalue weighted by molar-refractivity contribution is 0.0953. The van der Waals surface area contributed by atoms with Crippen LogP contribution in [0.4, 0.5) is 17.3 Å². The van der Waals surface area contributed by atoms with Gasteiger partial charge in [-0.2, -0.15) is 5.10 Å². The quantitative estimate of drug-likeness (QED) is 0.267. The summed E-state index contributed by atoms with van der Waals surface area (Å²) >= 11 is 0. The van der Waals surface area contributed by atoms with Gasteiger partial charge in [0.1, 0.15) is 11.6 Å². The average Bonchev–Trinajstić information content (AvgIpc) is 3.58. The number of hydrogen-bond donors (Lipinski definition) is 3. The van der Waals surface area contributed by atoms with Crippen LogP contribution in [-0.2, 0) is 0 Å². The van der Waals surface area contributed by atoms with Crippen LogP contribution in [0.2, 0.25) is 0 Å². The number of rotatable bonds is 5. The number of nitrogens with two attached hydrogens (primary N) is 1. The first-order chi connectivity index (χ1) is 20.5. The standard InChI is InChI=1S/C29H25N11O2/c30-28-22(13-20(35-36-28)19-5-1-2-6-24(19)41)38-15-18-16-39(23(18)17-38)26-8-11-31-25(34-26)7-3-9-33-29(42)21-14-27-32-10-4-12-40(27)37-21/h1-2,4-6,8,10-14,18,23,41H,9,15-17H2,(H2,30,36)(H,33,42)/t18-,23-/m1/s1. The second-order valence-corrected chi connectivity index (χ2v) is 10.1. The Hall–Kier alpha value is -5.77. The van der Waals surface area contributed by atoms with Crippen LogP contribution in [0, 0.1) is 17.8 Å². The van der Waals surface area contributed by atoms with Gasteiger partial charge in [0.2, 0.25) is 5.82 Å². The van der Waals surface area contributed by atoms with Crippen molar-refractivity contribution in [2.75, 3.05) is 41.7 Å². The molecule has 7 rings (SSSR count). The molecule has 0 radical (unpaired) electrons. The maximum absolute atomic E-state index is 12.4. The number of amides is 1. The summed E-state index contributed by atoms with van der Waals surface area (Å²) in [6, 6.07) is 14.4. The fourth-order valence-electron chi connectivity index (χ4n) is 5.41. The number of hydrogen-bond acceptors (Lipinski definition) is 11. The van der Waals surface area contributed by atoms with Crippen molar-refractivity contribution in [3.63, 3.8) is 0 Å². The van der Waals surface area contributed by atoms with Crippen LogP contribution in [0.25, 0.3) is 16.9 Å². The Balaban J connectivity index is 0.998. The summed E-state index contributed by atoms with van der Waals surface area (Å²) in [5.41, 5.74) is 9.07. The Morgan fingerprint density at radius 1 is 1.07 bits per heavy atom. The second-order valence-electron chi connectivity index (χ2n) is 10.1. The Bertz CT molecular complexity index is 1850. The summed E-state index contributed by atoms with van der Waals surface area (Å²) in [6.45, 7) is 2.55. The van der Waals surface area contributed by atoms with E-state index in [1.54, 1.807) is 53.4 Å². The van der Waals surface area contributed by atoms with Crippen LogP contribution in [-0.4, -0.2) is 78.0 Å². The topological polar surface area (TPSA) is 164 Å². The van der Waals surface area contributed by atoms with E-state index in [-0.39, 0.29) is 29.9 Å². The van der Waals surface area contributed by atoms with E-state index in [1.165, 1.54) is 0 Å². The van der Waals surface area contributed by atoms with Gasteiger partial charge in [-0.1, -0.05) is 18.1 Å². The van der Waals surface area contributed by atoms with Gasteiger partial charge >= 0.3 is 0 Å². The molecule has 1 amide bonds. The highest BCUT2D eigenvalue weighted by Gasteiger charge is 2.46. The number of carbonyl (C=O) groups is 1. The molecule has 6 heterocycles. The summed E-state index contributed by atoms with van der Waals surface area (Å²) in [6.07, 6.45) is 5.06. The number of nitrogens with zero attached hydrogens (tertiary/aromatic N) is 9. The number of phenols is 1. The van der Waals surface area contributed by atoms with Crippen LogP contribution >= 0.6 is 0 Å². The van der Waals surface area contributed by atoms with Gasteiger partial charge in [0, 0.05) is 55.8 Å². The van der Waals surface area contributed by atoms with E-state index in [9.17, 15) is 9.90 Å². The summed E-state index contributed by atoms with van der Waals surface area (Å²) < 4.78 is 1.54. The van der Waals surface area contributed by atoms with Crippen LogP contribution in [0.15, 0.2) is 67.1 Å². The van der Waals surface area contributed by atoms with Crippen molar-refractivity contribution in [2.24, 2.45) is 5.92 Å². The van der Waals surface area contributed by atoms with E-state index >= 15 is 0 Å². The van der Waals surface area contributed by atoms with E-state index in [2.05, 4.69) is 57.2 Å². The summed E-state index contributed by atoms with van der Waals surface area (Å²) in [5.74, 6) is 7.64. The molecule has 42 heavy (non-hydrogen) atoms. The van der Waals surface area contributed by atoms with E-state index < -0.39 is 0 Å². The Kier molecular flexibility index (Phi) is 6.20. The maximum Gasteiger partial charge on any atom is 0.272 e. The van der Waals surface area contributed by atoms with Gasteiger partial charge in [0.15, 0.2) is 17.2 Å². The molecule has 5 aromatic rings. The van der Waals surface area contributed by atoms with E-state index in [4.69, 9.17) is 5.73 Å². The highest BCUT2D eigenvalue weighted by atomic mass is 16.3. The molecule has 2 atom stereocenters. The van der Waals surface area contributed by atoms with Gasteiger partial charge in [-0.15, -0.1) is 10.2 Å². The molecule has 2 aliphatic rings. The second kappa shape index (κ2) is 10.3. The zero-order valence-corrected chi connectivity index (χ0v) is 22.3. The summed E-state index contributed by atoms with van der Waals surface area (Å²) in [7, 11) is 0. The molecule has 0 unspecified atom stereocenters. The van der Waals surface area contributed by atoms with E-state index in [1.807, 2.05) is 18.2 Å². The van der Waals surface area contributed by atoms with Gasteiger partial charge in [-0.3, -0.25) is 4.79 Å². The van der Waals surface area contributed by atoms with Gasteiger partial charge in [-0.25, -0.2) is 19.5 Å². The molecule has 0 aliphatic carbocycles. The third-order valence-electron chi connectivity index (χ3n) is 7.50. The third kappa shape index (κ3) is 4.64. The molecule has 4 N–H and O–H groups in total. The van der Waals surface area contributed by atoms with Crippen molar-refractivity contribution in [3.8, 4) is 28.8 Å². The minimum Gasteiger partial charge on any atom is -0.507 e. The van der Waals surface area contributed by atoms with Crippen molar-refractivity contribution >= 4 is 28.9 Å². The first-order valence-corrected chi connectivity index (χ1v) is 13.4. The number of carbonyl (C=O) groups excluding carboxylic acids is 1. The molecule has 13 nitrogen and oxygen atoms in total. The zero-order valence-electron chi connectivity index (χ0n) is 22.3. The molecular formula is C29H25N11O2. The third-order valence-corrected chi connectivity index (χ3v) is 7.50. The summed E-state index contributed by atoms with van der Waals surface area (Å²) in [4.78, 5) is 30.0. The van der Waals surface area contributed by atoms with E-state index in [0.29, 0.717) is 34.5 Å². The van der Waals surface area contributed by atoms with Crippen LogP contribution < -0.4 is 20.9 Å². The molecular weight excluding hydrogens is 534 g/mol. The number of nitrogen functional groups attached to an aromatic ring is 1. The SMILES string of the molecule is Nc1nnc(-c2ccccc2O)cc1N1C[C@@H]2CN(c3ccnc(C#CCNC(=O)c4cc5ncccn5n4)n3)[C@@H]2C1. The number of aromatic nitrogens is 7. The first kappa shape index (κ1) is 25.2. The highest BCUT2D eigenvalue weighted by molar-refractivity contribution is 5.93. The predicted molar refractivity (Wildman–Crippen MR) is 155 cm³/mol. The molecule has 0 spiro atoms. The fraction of sp³-hybridized carbons (Fsp3) is 0.207. The number of aromatic hydroxyl groups is 1. The largest absolute Gasteiger partial charge is 0.507 e. The highest BCUT2D eigenvalue weighted by Crippen LogP contribution is 2.39. The van der Waals surface area contributed by atoms with E-state index in [0.717, 1.165) is 31.1 Å². The van der Waals surface area contributed by atoms with Gasteiger partial charge in [0.05, 0.1) is 24.0 Å². The average molecular weight is 560 g/mol. The zero-order chi connectivity index (χ0) is 28.6. The Labute approximate surface area is 240 Å². The molecule has 0 saturated carbocycles. The molecule has 2 saturated heterocycles. The summed E-state index contributed by atoms with van der Waals surface area (Å²) in [5, 5.41) is 25.6.